The Bertz CT molecular complexity index is 477. The fourth-order valence-electron chi connectivity index (χ4n) is 2.06. The lowest BCUT2D eigenvalue weighted by atomic mass is 10.1. The standard InChI is InChI=1S/C15H20BrFN2O/c1-10(13-7-4-11(17)9-14(13)16)18-8-2-3-15(20)19-12-5-6-12/h4,7,9-10,12,18H,2-3,5-6,8H2,1H3,(H,19,20). The molecule has 1 aromatic rings. The minimum atomic E-state index is -0.246. The van der Waals surface area contributed by atoms with Crippen LogP contribution in [0.25, 0.3) is 0 Å². The molecule has 0 saturated heterocycles. The van der Waals surface area contributed by atoms with E-state index >= 15 is 0 Å². The van der Waals surface area contributed by atoms with Gasteiger partial charge < -0.3 is 10.6 Å². The fourth-order valence-corrected chi connectivity index (χ4v) is 2.75. The van der Waals surface area contributed by atoms with E-state index in [2.05, 4.69) is 26.6 Å². The van der Waals surface area contributed by atoms with Crippen LogP contribution >= 0.6 is 15.9 Å². The van der Waals surface area contributed by atoms with Gasteiger partial charge >= 0.3 is 0 Å². The Kier molecular flexibility index (Phi) is 5.54. The third-order valence-electron chi connectivity index (χ3n) is 3.40. The molecule has 5 heteroatoms. The van der Waals surface area contributed by atoms with Crippen LogP contribution in [0, 0.1) is 5.82 Å². The van der Waals surface area contributed by atoms with Gasteiger partial charge in [-0.25, -0.2) is 4.39 Å². The SMILES string of the molecule is CC(NCCCC(=O)NC1CC1)c1ccc(F)cc1Br. The lowest BCUT2D eigenvalue weighted by Gasteiger charge is -2.15. The molecule has 1 aromatic carbocycles. The summed E-state index contributed by atoms with van der Waals surface area (Å²) in [5, 5.41) is 6.32. The average Bonchev–Trinajstić information content (AvgIpc) is 3.18. The first kappa shape index (κ1) is 15.4. The van der Waals surface area contributed by atoms with E-state index < -0.39 is 0 Å². The summed E-state index contributed by atoms with van der Waals surface area (Å²) in [6, 6.07) is 5.26. The summed E-state index contributed by atoms with van der Waals surface area (Å²) in [5.74, 6) is -0.102. The quantitative estimate of drug-likeness (QED) is 0.746. The van der Waals surface area contributed by atoms with Crippen LogP contribution in [0.3, 0.4) is 0 Å². The molecule has 1 aliphatic rings. The monoisotopic (exact) mass is 342 g/mol. The predicted octanol–water partition coefficient (Wildman–Crippen LogP) is 3.30. The highest BCUT2D eigenvalue weighted by atomic mass is 79.9. The van der Waals surface area contributed by atoms with Crippen molar-refractivity contribution in [1.82, 2.24) is 10.6 Å². The lowest BCUT2D eigenvalue weighted by Crippen LogP contribution is -2.27. The minimum absolute atomic E-state index is 0.122. The van der Waals surface area contributed by atoms with E-state index in [0.29, 0.717) is 12.5 Å². The molecule has 0 aliphatic heterocycles. The van der Waals surface area contributed by atoms with Gasteiger partial charge in [-0.3, -0.25) is 4.79 Å². The summed E-state index contributed by atoms with van der Waals surface area (Å²) in [6.45, 7) is 2.80. The molecule has 3 nitrogen and oxygen atoms in total. The molecule has 1 saturated carbocycles. The smallest absolute Gasteiger partial charge is 0.220 e. The number of hydrogen-bond donors (Lipinski definition) is 2. The van der Waals surface area contributed by atoms with Crippen molar-refractivity contribution in [3.05, 3.63) is 34.1 Å². The molecule has 110 valence electrons. The highest BCUT2D eigenvalue weighted by Crippen LogP contribution is 2.24. The second-order valence-electron chi connectivity index (χ2n) is 5.29. The van der Waals surface area contributed by atoms with Crippen LogP contribution in [-0.2, 0) is 4.79 Å². The maximum atomic E-state index is 13.0. The molecule has 0 aromatic heterocycles. The van der Waals surface area contributed by atoms with Crippen molar-refractivity contribution in [3.8, 4) is 0 Å². The molecule has 1 aliphatic carbocycles. The number of amides is 1. The van der Waals surface area contributed by atoms with Crippen molar-refractivity contribution >= 4 is 21.8 Å². The van der Waals surface area contributed by atoms with Gasteiger partial charge in [0.05, 0.1) is 0 Å². The van der Waals surface area contributed by atoms with Crippen LogP contribution in [0.5, 0.6) is 0 Å². The number of benzene rings is 1. The third-order valence-corrected chi connectivity index (χ3v) is 4.09. The van der Waals surface area contributed by atoms with Crippen LogP contribution in [0.4, 0.5) is 4.39 Å². The highest BCUT2D eigenvalue weighted by molar-refractivity contribution is 9.10. The van der Waals surface area contributed by atoms with E-state index in [-0.39, 0.29) is 17.8 Å². The van der Waals surface area contributed by atoms with Gasteiger partial charge in [-0.05, 0) is 50.4 Å². The number of halogens is 2. The molecule has 1 atom stereocenters. The van der Waals surface area contributed by atoms with Gasteiger partial charge in [-0.15, -0.1) is 0 Å². The third kappa shape index (κ3) is 4.87. The Morgan fingerprint density at radius 1 is 1.50 bits per heavy atom. The molecule has 20 heavy (non-hydrogen) atoms. The first-order chi connectivity index (χ1) is 9.56. The molecule has 0 heterocycles. The zero-order valence-electron chi connectivity index (χ0n) is 11.6. The normalized spacial score (nSPS) is 15.9. The molecular formula is C15H20BrFN2O. The van der Waals surface area contributed by atoms with E-state index in [1.165, 1.54) is 12.1 Å². The lowest BCUT2D eigenvalue weighted by molar-refractivity contribution is -0.121. The van der Waals surface area contributed by atoms with Gasteiger partial charge in [-0.1, -0.05) is 22.0 Å². The van der Waals surface area contributed by atoms with Crippen molar-refractivity contribution in [1.29, 1.82) is 0 Å². The van der Waals surface area contributed by atoms with Crippen LogP contribution < -0.4 is 10.6 Å². The van der Waals surface area contributed by atoms with Crippen LogP contribution in [0.1, 0.15) is 44.2 Å². The Balaban J connectivity index is 1.68. The van der Waals surface area contributed by atoms with Crippen molar-refractivity contribution < 1.29 is 9.18 Å². The number of hydrogen-bond acceptors (Lipinski definition) is 2. The Morgan fingerprint density at radius 3 is 2.90 bits per heavy atom. The van der Waals surface area contributed by atoms with Gasteiger partial charge in [-0.2, -0.15) is 0 Å². The zero-order chi connectivity index (χ0) is 14.5. The molecule has 0 radical (unpaired) electrons. The molecule has 2 rings (SSSR count). The molecular weight excluding hydrogens is 323 g/mol. The molecule has 1 unspecified atom stereocenters. The van der Waals surface area contributed by atoms with Crippen LogP contribution in [0.15, 0.2) is 22.7 Å². The van der Waals surface area contributed by atoms with Gasteiger partial charge in [0.1, 0.15) is 5.82 Å². The maximum absolute atomic E-state index is 13.0. The van der Waals surface area contributed by atoms with E-state index in [9.17, 15) is 9.18 Å². The summed E-state index contributed by atoms with van der Waals surface area (Å²) in [5.41, 5.74) is 1.02. The van der Waals surface area contributed by atoms with E-state index in [1.54, 1.807) is 6.07 Å². The van der Waals surface area contributed by atoms with Gasteiger partial charge in [0.2, 0.25) is 5.91 Å². The minimum Gasteiger partial charge on any atom is -0.353 e. The average molecular weight is 343 g/mol. The van der Waals surface area contributed by atoms with E-state index in [0.717, 1.165) is 35.8 Å². The highest BCUT2D eigenvalue weighted by Gasteiger charge is 2.22. The van der Waals surface area contributed by atoms with Crippen LogP contribution in [-0.4, -0.2) is 18.5 Å². The number of carbonyl (C=O) groups is 1. The van der Waals surface area contributed by atoms with Crippen molar-refractivity contribution in [2.24, 2.45) is 0 Å². The summed E-state index contributed by atoms with van der Waals surface area (Å²) in [7, 11) is 0. The summed E-state index contributed by atoms with van der Waals surface area (Å²) < 4.78 is 13.8. The van der Waals surface area contributed by atoms with E-state index in [1.807, 2.05) is 6.92 Å². The summed E-state index contributed by atoms with van der Waals surface area (Å²) in [6.07, 6.45) is 3.61. The molecule has 0 bridgehead atoms. The molecule has 1 amide bonds. The number of rotatable bonds is 7. The summed E-state index contributed by atoms with van der Waals surface area (Å²) in [4.78, 5) is 11.5. The molecule has 1 fully saturated rings. The van der Waals surface area contributed by atoms with Gasteiger partial charge in [0, 0.05) is 23.0 Å². The van der Waals surface area contributed by atoms with Crippen LogP contribution in [0.2, 0.25) is 0 Å². The molecule has 2 N–H and O–H groups in total. The van der Waals surface area contributed by atoms with Gasteiger partial charge in [0.15, 0.2) is 0 Å². The fraction of sp³-hybridized carbons (Fsp3) is 0.533. The topological polar surface area (TPSA) is 41.1 Å². The van der Waals surface area contributed by atoms with E-state index in [4.69, 9.17) is 0 Å². The Morgan fingerprint density at radius 2 is 2.25 bits per heavy atom. The molecule has 0 spiro atoms. The number of carbonyl (C=O) groups excluding carboxylic acids is 1. The second-order valence-corrected chi connectivity index (χ2v) is 6.14. The number of nitrogens with one attached hydrogen (secondary N) is 2. The van der Waals surface area contributed by atoms with Gasteiger partial charge in [0.25, 0.3) is 0 Å². The maximum Gasteiger partial charge on any atom is 0.220 e. The largest absolute Gasteiger partial charge is 0.353 e. The van der Waals surface area contributed by atoms with Crippen molar-refractivity contribution in [2.75, 3.05) is 6.54 Å². The first-order valence-corrected chi connectivity index (χ1v) is 7.83. The second kappa shape index (κ2) is 7.18. The first-order valence-electron chi connectivity index (χ1n) is 7.04. The summed E-state index contributed by atoms with van der Waals surface area (Å²) >= 11 is 3.37. The Labute approximate surface area is 127 Å². The van der Waals surface area contributed by atoms with Crippen molar-refractivity contribution in [2.45, 2.75) is 44.7 Å². The zero-order valence-corrected chi connectivity index (χ0v) is 13.2. The Hall–Kier alpha value is -0.940. The van der Waals surface area contributed by atoms with Crippen molar-refractivity contribution in [3.63, 3.8) is 0 Å². The predicted molar refractivity (Wildman–Crippen MR) is 80.9 cm³/mol.